The molecule has 2 N–H and O–H groups in total. The molecule has 0 fully saturated rings. The number of aromatic nitrogens is 2. The van der Waals surface area contributed by atoms with Gasteiger partial charge in [-0.05, 0) is 35.9 Å². The van der Waals surface area contributed by atoms with Gasteiger partial charge in [-0.3, -0.25) is 9.89 Å². The van der Waals surface area contributed by atoms with Crippen LogP contribution in [-0.2, 0) is 0 Å². The minimum atomic E-state index is -0.376. The summed E-state index contributed by atoms with van der Waals surface area (Å²) in [7, 11) is 0. The first-order chi connectivity index (χ1) is 13.3. The van der Waals surface area contributed by atoms with Gasteiger partial charge in [0, 0.05) is 11.8 Å². The molecule has 0 atom stereocenters. The number of carbonyl (C=O) groups is 1. The number of fused-ring (bicyclic) bond motifs is 1. The lowest BCUT2D eigenvalue weighted by Crippen LogP contribution is -2.17. The second-order valence-electron chi connectivity index (χ2n) is 5.72. The van der Waals surface area contributed by atoms with Crippen molar-refractivity contribution in [1.29, 1.82) is 0 Å². The number of hydrogen-bond acceptors (Lipinski definition) is 5. The van der Waals surface area contributed by atoms with Crippen molar-refractivity contribution in [3.63, 3.8) is 0 Å². The Bertz CT molecular complexity index is 1010. The molecule has 0 bridgehead atoms. The SMILES string of the molecule is O=C(N/N=C\C=C\c1ccccc1)c1cc(-c2ccc3c(c2)OCO3)n[nH]1. The van der Waals surface area contributed by atoms with E-state index in [4.69, 9.17) is 9.47 Å². The lowest BCUT2D eigenvalue weighted by molar-refractivity contribution is 0.0950. The van der Waals surface area contributed by atoms with Crippen molar-refractivity contribution in [2.24, 2.45) is 5.10 Å². The predicted octanol–water partition coefficient (Wildman–Crippen LogP) is 3.23. The number of allylic oxidation sites excluding steroid dienone is 1. The molecule has 0 saturated carbocycles. The maximum Gasteiger partial charge on any atom is 0.289 e. The van der Waals surface area contributed by atoms with E-state index < -0.39 is 0 Å². The lowest BCUT2D eigenvalue weighted by Gasteiger charge is -1.98. The van der Waals surface area contributed by atoms with Crippen LogP contribution in [-0.4, -0.2) is 29.1 Å². The Morgan fingerprint density at radius 2 is 1.96 bits per heavy atom. The zero-order valence-corrected chi connectivity index (χ0v) is 14.3. The molecular weight excluding hydrogens is 344 g/mol. The van der Waals surface area contributed by atoms with Crippen LogP contribution >= 0.6 is 0 Å². The summed E-state index contributed by atoms with van der Waals surface area (Å²) in [5, 5.41) is 10.8. The highest BCUT2D eigenvalue weighted by Crippen LogP contribution is 2.35. The molecule has 3 aromatic rings. The fourth-order valence-corrected chi connectivity index (χ4v) is 2.56. The van der Waals surface area contributed by atoms with Crippen molar-refractivity contribution in [3.05, 3.63) is 71.9 Å². The van der Waals surface area contributed by atoms with Gasteiger partial charge in [0.1, 0.15) is 5.69 Å². The summed E-state index contributed by atoms with van der Waals surface area (Å²) >= 11 is 0. The molecule has 4 rings (SSSR count). The summed E-state index contributed by atoms with van der Waals surface area (Å²) in [4.78, 5) is 12.1. The summed E-state index contributed by atoms with van der Waals surface area (Å²) in [5.74, 6) is 0.986. The molecule has 0 aliphatic carbocycles. The zero-order chi connectivity index (χ0) is 18.5. The molecule has 27 heavy (non-hydrogen) atoms. The Balaban J connectivity index is 1.37. The van der Waals surface area contributed by atoms with E-state index in [2.05, 4.69) is 20.7 Å². The molecule has 1 amide bonds. The van der Waals surface area contributed by atoms with Crippen LogP contribution < -0.4 is 14.9 Å². The molecule has 0 radical (unpaired) electrons. The number of hydrogen-bond donors (Lipinski definition) is 2. The minimum Gasteiger partial charge on any atom is -0.454 e. The fraction of sp³-hybridized carbons (Fsp3) is 0.0500. The van der Waals surface area contributed by atoms with Gasteiger partial charge in [-0.15, -0.1) is 0 Å². The molecule has 0 unspecified atom stereocenters. The number of rotatable bonds is 5. The Labute approximate surface area is 155 Å². The number of nitrogens with zero attached hydrogens (tertiary/aromatic N) is 2. The van der Waals surface area contributed by atoms with E-state index in [0.717, 1.165) is 11.1 Å². The highest BCUT2D eigenvalue weighted by Gasteiger charge is 2.16. The van der Waals surface area contributed by atoms with Crippen molar-refractivity contribution in [1.82, 2.24) is 15.6 Å². The lowest BCUT2D eigenvalue weighted by atomic mass is 10.1. The predicted molar refractivity (Wildman–Crippen MR) is 102 cm³/mol. The normalized spacial score (nSPS) is 12.7. The highest BCUT2D eigenvalue weighted by molar-refractivity contribution is 5.94. The molecular formula is C20H16N4O3. The van der Waals surface area contributed by atoms with E-state index in [1.54, 1.807) is 12.1 Å². The average molecular weight is 360 g/mol. The van der Waals surface area contributed by atoms with Crippen molar-refractivity contribution >= 4 is 18.2 Å². The smallest absolute Gasteiger partial charge is 0.289 e. The van der Waals surface area contributed by atoms with Gasteiger partial charge >= 0.3 is 0 Å². The molecule has 0 spiro atoms. The molecule has 0 saturated heterocycles. The van der Waals surface area contributed by atoms with Crippen LogP contribution in [0.25, 0.3) is 17.3 Å². The maximum atomic E-state index is 12.1. The molecule has 7 nitrogen and oxygen atoms in total. The monoisotopic (exact) mass is 360 g/mol. The van der Waals surface area contributed by atoms with E-state index >= 15 is 0 Å². The Hall–Kier alpha value is -3.87. The highest BCUT2D eigenvalue weighted by atomic mass is 16.7. The van der Waals surface area contributed by atoms with Crippen LogP contribution in [0.2, 0.25) is 0 Å². The molecule has 2 aromatic carbocycles. The van der Waals surface area contributed by atoms with Crippen LogP contribution in [0.1, 0.15) is 16.1 Å². The van der Waals surface area contributed by atoms with Gasteiger partial charge in [0.05, 0.1) is 5.69 Å². The van der Waals surface area contributed by atoms with Gasteiger partial charge in [-0.25, -0.2) is 5.43 Å². The van der Waals surface area contributed by atoms with Crippen LogP contribution in [0, 0.1) is 0 Å². The first-order valence-corrected chi connectivity index (χ1v) is 8.30. The van der Waals surface area contributed by atoms with E-state index in [1.807, 2.05) is 54.6 Å². The van der Waals surface area contributed by atoms with E-state index in [-0.39, 0.29) is 12.7 Å². The third-order valence-corrected chi connectivity index (χ3v) is 3.91. The first kappa shape index (κ1) is 16.6. The van der Waals surface area contributed by atoms with Crippen molar-refractivity contribution in [2.45, 2.75) is 0 Å². The third kappa shape index (κ3) is 3.87. The topological polar surface area (TPSA) is 88.6 Å². The van der Waals surface area contributed by atoms with Crippen LogP contribution in [0.5, 0.6) is 11.5 Å². The standard InChI is InChI=1S/C20H16N4O3/c25-20(24-21-10-4-7-14-5-2-1-3-6-14)17-12-16(22-23-17)15-8-9-18-19(11-15)27-13-26-18/h1-12H,13H2,(H,22,23)(H,24,25)/b7-4+,21-10-. The Morgan fingerprint density at radius 3 is 2.85 bits per heavy atom. The van der Waals surface area contributed by atoms with Crippen LogP contribution in [0.4, 0.5) is 0 Å². The largest absolute Gasteiger partial charge is 0.454 e. The summed E-state index contributed by atoms with van der Waals surface area (Å²) < 4.78 is 10.6. The number of amides is 1. The molecule has 1 aromatic heterocycles. The number of benzene rings is 2. The second kappa shape index (κ2) is 7.57. The Kier molecular flexibility index (Phi) is 4.65. The number of nitrogens with one attached hydrogen (secondary N) is 2. The van der Waals surface area contributed by atoms with Crippen LogP contribution in [0.3, 0.4) is 0 Å². The summed E-state index contributed by atoms with van der Waals surface area (Å²) in [5.41, 5.74) is 5.27. The summed E-state index contributed by atoms with van der Waals surface area (Å²) in [6.07, 6.45) is 5.16. The Morgan fingerprint density at radius 1 is 1.11 bits per heavy atom. The van der Waals surface area contributed by atoms with Crippen molar-refractivity contribution < 1.29 is 14.3 Å². The molecule has 1 aliphatic rings. The molecule has 134 valence electrons. The number of H-pyrrole nitrogens is 1. The minimum absolute atomic E-state index is 0.212. The van der Waals surface area contributed by atoms with Gasteiger partial charge in [0.2, 0.25) is 6.79 Å². The third-order valence-electron chi connectivity index (χ3n) is 3.91. The first-order valence-electron chi connectivity index (χ1n) is 8.30. The fourth-order valence-electron chi connectivity index (χ4n) is 2.56. The number of aromatic amines is 1. The number of ether oxygens (including phenoxy) is 2. The van der Waals surface area contributed by atoms with Crippen molar-refractivity contribution in [2.75, 3.05) is 6.79 Å². The van der Waals surface area contributed by atoms with Gasteiger partial charge < -0.3 is 9.47 Å². The number of carbonyl (C=O) groups excluding carboxylic acids is 1. The maximum absolute atomic E-state index is 12.1. The summed E-state index contributed by atoms with van der Waals surface area (Å²) in [6, 6.07) is 17.0. The molecule has 7 heteroatoms. The quantitative estimate of drug-likeness (QED) is 0.540. The van der Waals surface area contributed by atoms with E-state index in [0.29, 0.717) is 22.9 Å². The van der Waals surface area contributed by atoms with Crippen molar-refractivity contribution in [3.8, 4) is 22.8 Å². The number of hydrazone groups is 1. The van der Waals surface area contributed by atoms with Gasteiger partial charge in [-0.1, -0.05) is 36.4 Å². The molecule has 1 aliphatic heterocycles. The van der Waals surface area contributed by atoms with E-state index in [1.165, 1.54) is 6.21 Å². The summed E-state index contributed by atoms with van der Waals surface area (Å²) in [6.45, 7) is 0.212. The zero-order valence-electron chi connectivity index (χ0n) is 14.3. The van der Waals surface area contributed by atoms with Gasteiger partial charge in [0.25, 0.3) is 5.91 Å². The van der Waals surface area contributed by atoms with Gasteiger partial charge in [-0.2, -0.15) is 10.2 Å². The van der Waals surface area contributed by atoms with E-state index in [9.17, 15) is 4.79 Å². The average Bonchev–Trinajstić information content (AvgIpc) is 3.37. The van der Waals surface area contributed by atoms with Crippen LogP contribution in [0.15, 0.2) is 65.8 Å². The second-order valence-corrected chi connectivity index (χ2v) is 5.72. The van der Waals surface area contributed by atoms with Gasteiger partial charge in [0.15, 0.2) is 11.5 Å². The molecule has 2 heterocycles.